The highest BCUT2D eigenvalue weighted by Gasteiger charge is 2.03. The van der Waals surface area contributed by atoms with E-state index in [9.17, 15) is 9.59 Å². The molecule has 1 amide bonds. The van der Waals surface area contributed by atoms with E-state index >= 15 is 0 Å². The second kappa shape index (κ2) is 9.09. The van der Waals surface area contributed by atoms with Gasteiger partial charge in [0.25, 0.3) is 5.91 Å². The van der Waals surface area contributed by atoms with Crippen molar-refractivity contribution in [1.82, 2.24) is 5.32 Å². The molecule has 6 nitrogen and oxygen atoms in total. The van der Waals surface area contributed by atoms with Crippen molar-refractivity contribution in [1.29, 1.82) is 0 Å². The number of carbonyl (C=O) groups excluding carboxylic acids is 2. The number of hydrogen-bond acceptors (Lipinski definition) is 5. The fourth-order valence-electron chi connectivity index (χ4n) is 1.86. The molecule has 0 saturated carbocycles. The maximum absolute atomic E-state index is 11.6. The van der Waals surface area contributed by atoms with Gasteiger partial charge in [-0.2, -0.15) is 0 Å². The van der Waals surface area contributed by atoms with E-state index in [-0.39, 0.29) is 12.5 Å². The van der Waals surface area contributed by atoms with E-state index in [4.69, 9.17) is 4.84 Å². The molecule has 124 valence electrons. The van der Waals surface area contributed by atoms with Gasteiger partial charge in [0.1, 0.15) is 0 Å². The van der Waals surface area contributed by atoms with Crippen molar-refractivity contribution >= 4 is 18.1 Å². The fraction of sp³-hybridized carbons (Fsp3) is 0.167. The number of oxime groups is 1. The first kappa shape index (κ1) is 17.2. The Bertz CT molecular complexity index is 697. The third-order valence-corrected chi connectivity index (χ3v) is 3.14. The number of ether oxygens (including phenoxy) is 1. The SMILES string of the molecule is COC(=O)c1ccc(/C=N/OCC(=O)NCc2ccccc2)cc1. The van der Waals surface area contributed by atoms with E-state index in [1.165, 1.54) is 13.3 Å². The number of amides is 1. The zero-order valence-corrected chi connectivity index (χ0v) is 13.3. The second-order valence-electron chi connectivity index (χ2n) is 4.88. The molecule has 0 fully saturated rings. The number of carbonyl (C=O) groups is 2. The maximum atomic E-state index is 11.6. The molecular formula is C18H18N2O4. The van der Waals surface area contributed by atoms with Gasteiger partial charge in [0, 0.05) is 6.54 Å². The molecule has 0 aliphatic heterocycles. The standard InChI is InChI=1S/C18H18N2O4/c1-23-18(22)16-9-7-15(8-10-16)12-20-24-13-17(21)19-11-14-5-3-2-4-6-14/h2-10,12H,11,13H2,1H3,(H,19,21)/b20-12+. The lowest BCUT2D eigenvalue weighted by Gasteiger charge is -2.04. The summed E-state index contributed by atoms with van der Waals surface area (Å²) in [6.45, 7) is 0.283. The second-order valence-corrected chi connectivity index (χ2v) is 4.88. The summed E-state index contributed by atoms with van der Waals surface area (Å²) in [5.41, 5.74) is 2.21. The monoisotopic (exact) mass is 326 g/mol. The van der Waals surface area contributed by atoms with E-state index in [2.05, 4.69) is 15.2 Å². The molecule has 24 heavy (non-hydrogen) atoms. The van der Waals surface area contributed by atoms with Crippen molar-refractivity contribution in [2.24, 2.45) is 5.16 Å². The summed E-state index contributed by atoms with van der Waals surface area (Å²) in [4.78, 5) is 27.9. The molecule has 0 saturated heterocycles. The molecule has 2 rings (SSSR count). The summed E-state index contributed by atoms with van der Waals surface area (Å²) in [6.07, 6.45) is 1.46. The predicted molar refractivity (Wildman–Crippen MR) is 89.6 cm³/mol. The molecular weight excluding hydrogens is 308 g/mol. The van der Waals surface area contributed by atoms with Crippen LogP contribution in [0, 0.1) is 0 Å². The number of nitrogens with one attached hydrogen (secondary N) is 1. The topological polar surface area (TPSA) is 77.0 Å². The van der Waals surface area contributed by atoms with Crippen LogP contribution in [0.15, 0.2) is 59.8 Å². The lowest BCUT2D eigenvalue weighted by molar-refractivity contribution is -0.125. The minimum atomic E-state index is -0.398. The lowest BCUT2D eigenvalue weighted by atomic mass is 10.1. The molecule has 0 aliphatic rings. The van der Waals surface area contributed by atoms with Gasteiger partial charge in [-0.3, -0.25) is 4.79 Å². The van der Waals surface area contributed by atoms with Crippen LogP contribution in [0.2, 0.25) is 0 Å². The van der Waals surface area contributed by atoms with Crippen LogP contribution < -0.4 is 5.32 Å². The van der Waals surface area contributed by atoms with Crippen molar-refractivity contribution in [3.05, 3.63) is 71.3 Å². The molecule has 0 bridgehead atoms. The number of esters is 1. The van der Waals surface area contributed by atoms with Gasteiger partial charge in [0.2, 0.25) is 0 Å². The summed E-state index contributed by atoms with van der Waals surface area (Å²) >= 11 is 0. The normalized spacial score (nSPS) is 10.4. The summed E-state index contributed by atoms with van der Waals surface area (Å²) in [5, 5.41) is 6.46. The largest absolute Gasteiger partial charge is 0.465 e. The minimum absolute atomic E-state index is 0.163. The lowest BCUT2D eigenvalue weighted by Crippen LogP contribution is -2.26. The molecule has 0 heterocycles. The van der Waals surface area contributed by atoms with Crippen LogP contribution in [0.25, 0.3) is 0 Å². The van der Waals surface area contributed by atoms with E-state index in [0.29, 0.717) is 12.1 Å². The van der Waals surface area contributed by atoms with Gasteiger partial charge in [-0.15, -0.1) is 0 Å². The van der Waals surface area contributed by atoms with Gasteiger partial charge in [-0.25, -0.2) is 4.79 Å². The van der Waals surface area contributed by atoms with Crippen LogP contribution in [0.1, 0.15) is 21.5 Å². The average Bonchev–Trinajstić information content (AvgIpc) is 2.64. The van der Waals surface area contributed by atoms with Crippen LogP contribution in [0.4, 0.5) is 0 Å². The van der Waals surface area contributed by atoms with Crippen LogP contribution in [-0.4, -0.2) is 31.8 Å². The van der Waals surface area contributed by atoms with Crippen molar-refractivity contribution in [2.45, 2.75) is 6.54 Å². The van der Waals surface area contributed by atoms with Gasteiger partial charge < -0.3 is 14.9 Å². The van der Waals surface area contributed by atoms with Crippen molar-refractivity contribution in [3.63, 3.8) is 0 Å². The third-order valence-electron chi connectivity index (χ3n) is 3.14. The zero-order chi connectivity index (χ0) is 17.2. The Kier molecular flexibility index (Phi) is 6.52. The molecule has 0 unspecified atom stereocenters. The molecule has 1 N–H and O–H groups in total. The first-order valence-corrected chi connectivity index (χ1v) is 7.33. The highest BCUT2D eigenvalue weighted by atomic mass is 16.6. The summed E-state index contributed by atoms with van der Waals surface area (Å²) in [7, 11) is 1.33. The first-order valence-electron chi connectivity index (χ1n) is 7.33. The van der Waals surface area contributed by atoms with Crippen molar-refractivity contribution in [2.75, 3.05) is 13.7 Å². The molecule has 2 aromatic carbocycles. The molecule has 0 aliphatic carbocycles. The highest BCUT2D eigenvalue weighted by molar-refractivity contribution is 5.90. The first-order chi connectivity index (χ1) is 11.7. The molecule has 2 aromatic rings. The van der Waals surface area contributed by atoms with E-state index < -0.39 is 5.97 Å². The van der Waals surface area contributed by atoms with Crippen LogP contribution in [0.5, 0.6) is 0 Å². The Morgan fingerprint density at radius 3 is 2.46 bits per heavy atom. The van der Waals surface area contributed by atoms with E-state index in [0.717, 1.165) is 11.1 Å². The Hall–Kier alpha value is -3.15. The number of benzene rings is 2. The third kappa shape index (κ3) is 5.57. The minimum Gasteiger partial charge on any atom is -0.465 e. The van der Waals surface area contributed by atoms with Crippen LogP contribution >= 0.6 is 0 Å². The summed E-state index contributed by atoms with van der Waals surface area (Å²) < 4.78 is 4.61. The number of methoxy groups -OCH3 is 1. The Morgan fingerprint density at radius 2 is 1.79 bits per heavy atom. The molecule has 0 aromatic heterocycles. The zero-order valence-electron chi connectivity index (χ0n) is 13.3. The number of nitrogens with zero attached hydrogens (tertiary/aromatic N) is 1. The Labute approximate surface area is 140 Å². The highest BCUT2D eigenvalue weighted by Crippen LogP contribution is 2.04. The predicted octanol–water partition coefficient (Wildman–Crippen LogP) is 2.14. The summed E-state index contributed by atoms with van der Waals surface area (Å²) in [6, 6.07) is 16.2. The number of hydrogen-bond donors (Lipinski definition) is 1. The van der Waals surface area contributed by atoms with Crippen molar-refractivity contribution in [3.8, 4) is 0 Å². The van der Waals surface area contributed by atoms with E-state index in [1.807, 2.05) is 30.3 Å². The Morgan fingerprint density at radius 1 is 1.08 bits per heavy atom. The van der Waals surface area contributed by atoms with E-state index in [1.54, 1.807) is 24.3 Å². The smallest absolute Gasteiger partial charge is 0.337 e. The quantitative estimate of drug-likeness (QED) is 0.480. The van der Waals surface area contributed by atoms with Gasteiger partial charge in [-0.1, -0.05) is 47.6 Å². The van der Waals surface area contributed by atoms with Gasteiger partial charge >= 0.3 is 5.97 Å². The molecule has 6 heteroatoms. The summed E-state index contributed by atoms with van der Waals surface area (Å²) in [5.74, 6) is -0.651. The van der Waals surface area contributed by atoms with Crippen LogP contribution in [0.3, 0.4) is 0 Å². The molecule has 0 radical (unpaired) electrons. The number of rotatable bonds is 7. The molecule has 0 atom stereocenters. The van der Waals surface area contributed by atoms with Crippen LogP contribution in [-0.2, 0) is 20.9 Å². The van der Waals surface area contributed by atoms with Gasteiger partial charge in [-0.05, 0) is 23.3 Å². The van der Waals surface area contributed by atoms with Gasteiger partial charge in [0.05, 0.1) is 18.9 Å². The fourth-order valence-corrected chi connectivity index (χ4v) is 1.86. The average molecular weight is 326 g/mol. The van der Waals surface area contributed by atoms with Crippen molar-refractivity contribution < 1.29 is 19.2 Å². The van der Waals surface area contributed by atoms with Gasteiger partial charge in [0.15, 0.2) is 6.61 Å². The Balaban J connectivity index is 1.72. The maximum Gasteiger partial charge on any atom is 0.337 e. The molecule has 0 spiro atoms.